The van der Waals surface area contributed by atoms with E-state index in [1.54, 1.807) is 4.90 Å². The molecule has 1 aliphatic carbocycles. The third-order valence-corrected chi connectivity index (χ3v) is 3.73. The molecule has 0 aliphatic heterocycles. The van der Waals surface area contributed by atoms with Crippen LogP contribution in [0.25, 0.3) is 0 Å². The predicted molar refractivity (Wildman–Crippen MR) is 76.3 cm³/mol. The average Bonchev–Trinajstić information content (AvgIpc) is 2.41. The van der Waals surface area contributed by atoms with Gasteiger partial charge in [-0.25, -0.2) is 8.78 Å². The minimum absolute atomic E-state index is 0.0618. The molecule has 7 heteroatoms. The highest BCUT2D eigenvalue weighted by Crippen LogP contribution is 2.36. The molecule has 0 unspecified atom stereocenters. The highest BCUT2D eigenvalue weighted by molar-refractivity contribution is 5.82. The summed E-state index contributed by atoms with van der Waals surface area (Å²) in [6.45, 7) is 4.86. The van der Waals surface area contributed by atoms with E-state index in [0.29, 0.717) is 13.1 Å². The maximum atomic E-state index is 13.2. The van der Waals surface area contributed by atoms with Crippen LogP contribution >= 0.6 is 0 Å². The van der Waals surface area contributed by atoms with Crippen LogP contribution in [0.15, 0.2) is 5.16 Å². The number of nitrogens with zero attached hydrogens (tertiary/aromatic N) is 2. The van der Waals surface area contributed by atoms with Crippen LogP contribution in [-0.4, -0.2) is 40.9 Å². The van der Waals surface area contributed by atoms with E-state index in [1.807, 2.05) is 13.8 Å². The molecule has 21 heavy (non-hydrogen) atoms. The van der Waals surface area contributed by atoms with E-state index in [2.05, 4.69) is 5.16 Å². The topological polar surface area (TPSA) is 78.9 Å². The second kappa shape index (κ2) is 7.56. The Morgan fingerprint density at radius 2 is 2.00 bits per heavy atom. The van der Waals surface area contributed by atoms with E-state index in [-0.39, 0.29) is 55.7 Å². The third kappa shape index (κ3) is 5.85. The third-order valence-electron chi connectivity index (χ3n) is 3.73. The summed E-state index contributed by atoms with van der Waals surface area (Å²) < 4.78 is 26.3. The van der Waals surface area contributed by atoms with Crippen molar-refractivity contribution in [2.45, 2.75) is 51.9 Å². The maximum absolute atomic E-state index is 13.2. The molecule has 0 aromatic carbocycles. The first-order valence-electron chi connectivity index (χ1n) is 7.38. The zero-order valence-electron chi connectivity index (χ0n) is 12.7. The minimum Gasteiger partial charge on any atom is -0.409 e. The van der Waals surface area contributed by atoms with E-state index in [0.717, 1.165) is 0 Å². The van der Waals surface area contributed by atoms with Gasteiger partial charge in [0.15, 0.2) is 0 Å². The second-order valence-corrected chi connectivity index (χ2v) is 6.15. The van der Waals surface area contributed by atoms with Gasteiger partial charge in [0.05, 0.1) is 0 Å². The lowest BCUT2D eigenvalue weighted by Gasteiger charge is -2.32. The van der Waals surface area contributed by atoms with Crippen molar-refractivity contribution in [3.63, 3.8) is 0 Å². The Morgan fingerprint density at radius 3 is 2.48 bits per heavy atom. The van der Waals surface area contributed by atoms with Crippen LogP contribution < -0.4 is 5.73 Å². The fourth-order valence-electron chi connectivity index (χ4n) is 2.58. The quantitative estimate of drug-likeness (QED) is 0.342. The Hall–Kier alpha value is -1.40. The largest absolute Gasteiger partial charge is 0.409 e. The Kier molecular flexibility index (Phi) is 6.36. The fraction of sp³-hybridized carbons (Fsp3) is 0.857. The number of alkyl halides is 2. The number of amidine groups is 1. The monoisotopic (exact) mass is 305 g/mol. The van der Waals surface area contributed by atoms with Crippen molar-refractivity contribution in [3.05, 3.63) is 0 Å². The van der Waals surface area contributed by atoms with Crippen LogP contribution in [0.2, 0.25) is 0 Å². The lowest BCUT2D eigenvalue weighted by atomic mass is 9.85. The first kappa shape index (κ1) is 17.7. The summed E-state index contributed by atoms with van der Waals surface area (Å²) in [6.07, 6.45) is 0.282. The zero-order chi connectivity index (χ0) is 16.0. The number of amides is 1. The molecule has 3 N–H and O–H groups in total. The van der Waals surface area contributed by atoms with Crippen molar-refractivity contribution in [2.24, 2.45) is 22.7 Å². The summed E-state index contributed by atoms with van der Waals surface area (Å²) in [7, 11) is 0. The van der Waals surface area contributed by atoms with Gasteiger partial charge >= 0.3 is 0 Å². The minimum atomic E-state index is -2.63. The number of rotatable bonds is 6. The smallest absolute Gasteiger partial charge is 0.248 e. The molecule has 0 spiro atoms. The fourth-order valence-corrected chi connectivity index (χ4v) is 2.58. The number of carbonyl (C=O) groups excluding carboxylic acids is 1. The molecular formula is C14H25F2N3O2. The van der Waals surface area contributed by atoms with Gasteiger partial charge in [-0.15, -0.1) is 0 Å². The molecule has 0 atom stereocenters. The predicted octanol–water partition coefficient (Wildman–Crippen LogP) is 2.43. The summed E-state index contributed by atoms with van der Waals surface area (Å²) in [6, 6.07) is 0. The van der Waals surface area contributed by atoms with Crippen LogP contribution in [0.1, 0.15) is 46.0 Å². The normalized spacial score (nSPS) is 19.8. The number of carbonyl (C=O) groups is 1. The van der Waals surface area contributed by atoms with Crippen molar-refractivity contribution >= 4 is 11.7 Å². The van der Waals surface area contributed by atoms with Crippen molar-refractivity contribution in [2.75, 3.05) is 13.1 Å². The van der Waals surface area contributed by atoms with Gasteiger partial charge < -0.3 is 15.8 Å². The number of halogens is 2. The van der Waals surface area contributed by atoms with Gasteiger partial charge in [0, 0.05) is 38.3 Å². The van der Waals surface area contributed by atoms with Gasteiger partial charge in [-0.1, -0.05) is 19.0 Å². The second-order valence-electron chi connectivity index (χ2n) is 6.15. The van der Waals surface area contributed by atoms with Crippen molar-refractivity contribution in [3.8, 4) is 0 Å². The molecule has 0 aromatic heterocycles. The van der Waals surface area contributed by atoms with Gasteiger partial charge in [-0.3, -0.25) is 4.79 Å². The SMILES string of the molecule is CC(C)CN(CCC(N)=NO)C(=O)C1CCC(F)(F)CC1. The van der Waals surface area contributed by atoms with Gasteiger partial charge in [0.25, 0.3) is 0 Å². The number of nitrogens with two attached hydrogens (primary N) is 1. The summed E-state index contributed by atoms with van der Waals surface area (Å²) in [4.78, 5) is 14.1. The van der Waals surface area contributed by atoms with Gasteiger partial charge in [-0.05, 0) is 18.8 Å². The molecular weight excluding hydrogens is 280 g/mol. The van der Waals surface area contributed by atoms with Crippen LogP contribution in [0, 0.1) is 11.8 Å². The van der Waals surface area contributed by atoms with Gasteiger partial charge in [0.1, 0.15) is 5.84 Å². The molecule has 1 amide bonds. The Bertz CT molecular complexity index is 376. The number of oxime groups is 1. The summed E-state index contributed by atoms with van der Waals surface area (Å²) >= 11 is 0. The van der Waals surface area contributed by atoms with E-state index in [9.17, 15) is 13.6 Å². The summed E-state index contributed by atoms with van der Waals surface area (Å²) in [5, 5.41) is 11.4. The highest BCUT2D eigenvalue weighted by Gasteiger charge is 2.38. The van der Waals surface area contributed by atoms with E-state index >= 15 is 0 Å². The molecule has 1 rings (SSSR count). The summed E-state index contributed by atoms with van der Waals surface area (Å²) in [5.41, 5.74) is 5.43. The average molecular weight is 305 g/mol. The Morgan fingerprint density at radius 1 is 1.43 bits per heavy atom. The molecule has 1 aliphatic rings. The summed E-state index contributed by atoms with van der Waals surface area (Å²) in [5.74, 6) is -2.73. The number of hydrogen-bond acceptors (Lipinski definition) is 3. The molecule has 0 saturated heterocycles. The van der Waals surface area contributed by atoms with Gasteiger partial charge in [-0.2, -0.15) is 0 Å². The zero-order valence-corrected chi connectivity index (χ0v) is 12.7. The van der Waals surface area contributed by atoms with E-state index in [1.165, 1.54) is 0 Å². The van der Waals surface area contributed by atoms with Crippen LogP contribution in [-0.2, 0) is 4.79 Å². The van der Waals surface area contributed by atoms with Crippen LogP contribution in [0.3, 0.4) is 0 Å². The van der Waals surface area contributed by atoms with E-state index in [4.69, 9.17) is 10.9 Å². The molecule has 0 radical (unpaired) electrons. The first-order valence-corrected chi connectivity index (χ1v) is 7.38. The highest BCUT2D eigenvalue weighted by atomic mass is 19.3. The molecule has 1 fully saturated rings. The Labute approximate surface area is 124 Å². The standard InChI is InChI=1S/C14H25F2N3O2/c1-10(2)9-19(8-5-12(17)18-21)13(20)11-3-6-14(15,16)7-4-11/h10-11,21H,3-9H2,1-2H3,(H2,17,18). The molecule has 5 nitrogen and oxygen atoms in total. The molecule has 0 heterocycles. The molecule has 1 saturated carbocycles. The molecule has 0 bridgehead atoms. The lowest BCUT2D eigenvalue weighted by Crippen LogP contribution is -2.42. The Balaban J connectivity index is 2.62. The molecule has 0 aromatic rings. The van der Waals surface area contributed by atoms with Crippen molar-refractivity contribution in [1.82, 2.24) is 4.90 Å². The van der Waals surface area contributed by atoms with Crippen molar-refractivity contribution < 1.29 is 18.8 Å². The maximum Gasteiger partial charge on any atom is 0.248 e. The van der Waals surface area contributed by atoms with Crippen molar-refractivity contribution in [1.29, 1.82) is 0 Å². The number of hydrogen-bond donors (Lipinski definition) is 2. The van der Waals surface area contributed by atoms with Gasteiger partial charge in [0.2, 0.25) is 11.8 Å². The van der Waals surface area contributed by atoms with Crippen LogP contribution in [0.5, 0.6) is 0 Å². The van der Waals surface area contributed by atoms with E-state index < -0.39 is 5.92 Å². The first-order chi connectivity index (χ1) is 9.75. The molecule has 122 valence electrons. The van der Waals surface area contributed by atoms with Crippen LogP contribution in [0.4, 0.5) is 8.78 Å². The lowest BCUT2D eigenvalue weighted by molar-refractivity contribution is -0.140.